The van der Waals surface area contributed by atoms with Gasteiger partial charge in [0.2, 0.25) is 0 Å². The fourth-order valence-corrected chi connectivity index (χ4v) is 5.14. The lowest BCUT2D eigenvalue weighted by molar-refractivity contribution is 0.0608. The zero-order valence-corrected chi connectivity index (χ0v) is 28.7. The highest BCUT2D eigenvalue weighted by atomic mass is 79.9. The summed E-state index contributed by atoms with van der Waals surface area (Å²) in [7, 11) is 0. The number of nitrogens with two attached hydrogens (primary N) is 1. The summed E-state index contributed by atoms with van der Waals surface area (Å²) < 4.78 is 84.6. The Balaban J connectivity index is 0.000000230. The van der Waals surface area contributed by atoms with Gasteiger partial charge in [-0.1, -0.05) is 56.1 Å². The van der Waals surface area contributed by atoms with E-state index in [1.807, 2.05) is 0 Å². The molecule has 0 bridgehead atoms. The largest absolute Gasteiger partial charge is 0.396 e. The number of nitrogens with one attached hydrogen (secondary N) is 1. The Bertz CT molecular complexity index is 2170. The number of carbonyl (C=O) groups is 1. The van der Waals surface area contributed by atoms with Crippen molar-refractivity contribution in [2.24, 2.45) is 0 Å². The van der Waals surface area contributed by atoms with Crippen LogP contribution in [0.15, 0.2) is 79.2 Å². The van der Waals surface area contributed by atoms with Gasteiger partial charge in [-0.3, -0.25) is 18.7 Å². The number of fused-ring (bicyclic) bond motifs is 1. The SMILES string of the molecule is CC(C)(O)Cn1c(=O)n(Cc2ccc(Br)cc2)c(=O)c2cc(F)c(F)c(F)c21.Nc1c(C(=O)NCc2ccc(Br)cc2)cc(F)c(F)c1F. The maximum Gasteiger partial charge on any atom is 0.331 e. The van der Waals surface area contributed by atoms with Gasteiger partial charge in [-0.2, -0.15) is 0 Å². The average molecular weight is 816 g/mol. The van der Waals surface area contributed by atoms with E-state index in [0.717, 1.165) is 23.6 Å². The van der Waals surface area contributed by atoms with Gasteiger partial charge in [-0.15, -0.1) is 0 Å². The third kappa shape index (κ3) is 8.61. The number of aliphatic hydroxyl groups is 1. The minimum absolute atomic E-state index is 0.145. The van der Waals surface area contributed by atoms with Crippen LogP contribution in [0.3, 0.4) is 0 Å². The number of carbonyl (C=O) groups excluding carboxylic acids is 1. The van der Waals surface area contributed by atoms with Crippen molar-refractivity contribution in [2.45, 2.75) is 39.1 Å². The molecular formula is C33H26Br2F6N4O4. The smallest absolute Gasteiger partial charge is 0.331 e. The summed E-state index contributed by atoms with van der Waals surface area (Å²) in [5, 5.41) is 12.1. The molecule has 0 aliphatic heterocycles. The van der Waals surface area contributed by atoms with Crippen LogP contribution in [-0.4, -0.2) is 25.7 Å². The van der Waals surface area contributed by atoms with E-state index in [-0.39, 0.29) is 13.1 Å². The van der Waals surface area contributed by atoms with Gasteiger partial charge in [0.1, 0.15) is 0 Å². The van der Waals surface area contributed by atoms with E-state index >= 15 is 0 Å². The maximum atomic E-state index is 14.4. The second-order valence-electron chi connectivity index (χ2n) is 11.3. The first-order chi connectivity index (χ1) is 22.9. The van der Waals surface area contributed by atoms with Crippen molar-refractivity contribution < 1.29 is 36.2 Å². The first kappa shape index (κ1) is 37.4. The van der Waals surface area contributed by atoms with Gasteiger partial charge in [-0.25, -0.2) is 31.1 Å². The van der Waals surface area contributed by atoms with E-state index in [2.05, 4.69) is 37.2 Å². The van der Waals surface area contributed by atoms with E-state index in [4.69, 9.17) is 5.73 Å². The van der Waals surface area contributed by atoms with Crippen molar-refractivity contribution in [3.05, 3.63) is 142 Å². The molecule has 0 spiro atoms. The van der Waals surface area contributed by atoms with Crippen molar-refractivity contribution >= 4 is 54.4 Å². The van der Waals surface area contributed by atoms with Crippen molar-refractivity contribution in [2.75, 3.05) is 5.73 Å². The van der Waals surface area contributed by atoms with Crippen LogP contribution in [0.1, 0.15) is 35.3 Å². The number of anilines is 1. The van der Waals surface area contributed by atoms with Crippen LogP contribution in [0.2, 0.25) is 0 Å². The highest BCUT2D eigenvalue weighted by Gasteiger charge is 2.25. The molecule has 8 nitrogen and oxygen atoms in total. The minimum Gasteiger partial charge on any atom is -0.396 e. The fraction of sp³-hybridized carbons (Fsp3) is 0.182. The molecule has 0 aliphatic rings. The highest BCUT2D eigenvalue weighted by molar-refractivity contribution is 9.10. The minimum atomic E-state index is -1.79. The Kier molecular flexibility index (Phi) is 11.5. The van der Waals surface area contributed by atoms with E-state index in [0.29, 0.717) is 17.7 Å². The monoisotopic (exact) mass is 814 g/mol. The zero-order valence-electron chi connectivity index (χ0n) is 25.6. The molecule has 1 amide bonds. The van der Waals surface area contributed by atoms with Gasteiger partial charge in [0.05, 0.1) is 40.8 Å². The van der Waals surface area contributed by atoms with Crippen molar-refractivity contribution in [1.82, 2.24) is 14.5 Å². The lowest BCUT2D eigenvalue weighted by Crippen LogP contribution is -2.44. The fourth-order valence-electron chi connectivity index (χ4n) is 4.61. The quantitative estimate of drug-likeness (QED) is 0.0981. The van der Waals surface area contributed by atoms with Gasteiger partial charge in [0.15, 0.2) is 34.9 Å². The molecule has 49 heavy (non-hydrogen) atoms. The third-order valence-corrected chi connectivity index (χ3v) is 8.01. The molecular weight excluding hydrogens is 790 g/mol. The molecule has 0 saturated carbocycles. The molecule has 0 radical (unpaired) electrons. The molecule has 0 atom stereocenters. The normalized spacial score (nSPS) is 11.3. The number of nitrogens with zero attached hydrogens (tertiary/aromatic N) is 2. The molecule has 0 unspecified atom stereocenters. The summed E-state index contributed by atoms with van der Waals surface area (Å²) in [4.78, 5) is 37.6. The molecule has 5 aromatic rings. The second kappa shape index (κ2) is 15.0. The topological polar surface area (TPSA) is 119 Å². The van der Waals surface area contributed by atoms with Crippen LogP contribution in [0, 0.1) is 34.9 Å². The van der Waals surface area contributed by atoms with Crippen molar-refractivity contribution in [3.63, 3.8) is 0 Å². The van der Waals surface area contributed by atoms with Gasteiger partial charge in [0.25, 0.3) is 11.5 Å². The Morgan fingerprint density at radius 2 is 1.31 bits per heavy atom. The molecule has 0 aliphatic carbocycles. The van der Waals surface area contributed by atoms with Crippen LogP contribution < -0.4 is 22.3 Å². The lowest BCUT2D eigenvalue weighted by atomic mass is 10.1. The highest BCUT2D eigenvalue weighted by Crippen LogP contribution is 2.23. The molecule has 0 fully saturated rings. The molecule has 1 aromatic heterocycles. The molecule has 258 valence electrons. The average Bonchev–Trinajstić information content (AvgIpc) is 3.05. The number of benzene rings is 4. The number of aromatic nitrogens is 2. The number of nitrogen functional groups attached to an aromatic ring is 1. The first-order valence-corrected chi connectivity index (χ1v) is 15.7. The first-order valence-electron chi connectivity index (χ1n) is 14.1. The Morgan fingerprint density at radius 1 is 0.796 bits per heavy atom. The molecule has 5 rings (SSSR count). The summed E-state index contributed by atoms with van der Waals surface area (Å²) in [5.41, 5.74) is 1.47. The predicted octanol–water partition coefficient (Wildman–Crippen LogP) is 6.54. The van der Waals surface area contributed by atoms with E-state index in [1.165, 1.54) is 13.8 Å². The standard InChI is InChI=1S/C19H16BrF3N2O3.C14H10BrF3N2O/c1-19(2,28)9-25-16-12(7-13(21)14(22)15(16)23)17(26)24(18(25)27)8-10-3-5-11(20)6-4-10;15-8-3-1-7(2-4-8)6-20-14(21)9-5-10(16)11(17)12(18)13(9)19/h3-7,28H,8-9H2,1-2H3;1-5H,6,19H2,(H,20,21). The Morgan fingerprint density at radius 3 is 1.86 bits per heavy atom. The maximum absolute atomic E-state index is 14.4. The number of amides is 1. The van der Waals surface area contributed by atoms with Crippen LogP contribution >= 0.6 is 31.9 Å². The Hall–Kier alpha value is -4.41. The van der Waals surface area contributed by atoms with Gasteiger partial charge in [0, 0.05) is 15.5 Å². The molecule has 4 N–H and O–H groups in total. The van der Waals surface area contributed by atoms with Crippen LogP contribution in [0.25, 0.3) is 10.9 Å². The van der Waals surface area contributed by atoms with Crippen LogP contribution in [0.5, 0.6) is 0 Å². The van der Waals surface area contributed by atoms with Gasteiger partial charge < -0.3 is 16.2 Å². The van der Waals surface area contributed by atoms with Crippen LogP contribution in [-0.2, 0) is 19.6 Å². The summed E-state index contributed by atoms with van der Waals surface area (Å²) in [6.07, 6.45) is 0. The number of hydrogen-bond donors (Lipinski definition) is 3. The summed E-state index contributed by atoms with van der Waals surface area (Å²) in [5.74, 6) is -10.5. The van der Waals surface area contributed by atoms with E-state index in [9.17, 15) is 45.8 Å². The summed E-state index contributed by atoms with van der Waals surface area (Å²) in [6, 6.07) is 15.0. The predicted molar refractivity (Wildman–Crippen MR) is 178 cm³/mol. The summed E-state index contributed by atoms with van der Waals surface area (Å²) >= 11 is 6.55. The lowest BCUT2D eigenvalue weighted by Gasteiger charge is -2.22. The summed E-state index contributed by atoms with van der Waals surface area (Å²) in [6.45, 7) is 2.30. The molecule has 16 heteroatoms. The number of halogens is 8. The van der Waals surface area contributed by atoms with Gasteiger partial charge in [-0.05, 0) is 61.4 Å². The third-order valence-electron chi connectivity index (χ3n) is 6.95. The zero-order chi connectivity index (χ0) is 36.4. The molecule has 4 aromatic carbocycles. The van der Waals surface area contributed by atoms with Gasteiger partial charge >= 0.3 is 5.69 Å². The van der Waals surface area contributed by atoms with Crippen LogP contribution in [0.4, 0.5) is 32.0 Å². The van der Waals surface area contributed by atoms with Crippen molar-refractivity contribution in [3.8, 4) is 0 Å². The second-order valence-corrected chi connectivity index (χ2v) is 13.2. The molecule has 0 saturated heterocycles. The number of rotatable bonds is 7. The van der Waals surface area contributed by atoms with E-state index in [1.54, 1.807) is 48.5 Å². The molecule has 1 heterocycles. The van der Waals surface area contributed by atoms with E-state index < -0.39 is 86.4 Å². The number of hydrogen-bond acceptors (Lipinski definition) is 5. The Labute approximate surface area is 291 Å². The van der Waals surface area contributed by atoms with Crippen molar-refractivity contribution in [1.29, 1.82) is 0 Å².